The van der Waals surface area contributed by atoms with Crippen LogP contribution in [0.5, 0.6) is 11.5 Å². The number of allylic oxidation sites excluding steroid dienone is 1. The van der Waals surface area contributed by atoms with Crippen molar-refractivity contribution in [1.82, 2.24) is 0 Å². The Labute approximate surface area is 202 Å². The van der Waals surface area contributed by atoms with Gasteiger partial charge in [0.15, 0.2) is 11.6 Å². The van der Waals surface area contributed by atoms with Gasteiger partial charge in [-0.1, -0.05) is 38.1 Å². The van der Waals surface area contributed by atoms with Crippen molar-refractivity contribution in [3.05, 3.63) is 71.8 Å². The molecule has 35 heavy (non-hydrogen) atoms. The highest BCUT2D eigenvalue weighted by molar-refractivity contribution is 5.90. The number of carboxylic acid groups (broad SMARTS) is 1. The standard InChI is InChI=1S/C27H27F2NO5/c1-24(2,3)35-22(31)20(29)15-26(16-30)25(4,5)27(26,23(32)33)14-17-11-12-19(28)21(13-17)34-18-9-7-6-8-10-18/h6-13,15H,14H2,1-5H3,(H,32,33)/b20-15+/t26-,27-/m1/s1. The summed E-state index contributed by atoms with van der Waals surface area (Å²) in [6.45, 7) is 7.72. The molecule has 0 bridgehead atoms. The third-order valence-corrected chi connectivity index (χ3v) is 6.58. The lowest BCUT2D eigenvalue weighted by Gasteiger charge is -2.19. The maximum atomic E-state index is 14.9. The first-order valence-electron chi connectivity index (χ1n) is 11.0. The molecular formula is C27H27F2NO5. The zero-order chi connectivity index (χ0) is 26.2. The van der Waals surface area contributed by atoms with Gasteiger partial charge in [0.05, 0.1) is 6.07 Å². The van der Waals surface area contributed by atoms with E-state index >= 15 is 0 Å². The number of ether oxygens (including phenoxy) is 2. The van der Waals surface area contributed by atoms with Crippen molar-refractivity contribution in [2.75, 3.05) is 0 Å². The molecule has 8 heteroatoms. The Morgan fingerprint density at radius 1 is 1.14 bits per heavy atom. The van der Waals surface area contributed by atoms with E-state index in [2.05, 4.69) is 0 Å². The van der Waals surface area contributed by atoms with Gasteiger partial charge in [-0.25, -0.2) is 9.18 Å². The number of para-hydroxylation sites is 1. The lowest BCUT2D eigenvalue weighted by molar-refractivity contribution is -0.152. The first kappa shape index (κ1) is 25.9. The molecule has 0 heterocycles. The lowest BCUT2D eigenvalue weighted by atomic mass is 9.86. The molecule has 2 aromatic carbocycles. The number of halogens is 2. The minimum absolute atomic E-state index is 0.120. The van der Waals surface area contributed by atoms with Gasteiger partial charge in [-0.15, -0.1) is 0 Å². The smallest absolute Gasteiger partial charge is 0.367 e. The molecular weight excluding hydrogens is 456 g/mol. The van der Waals surface area contributed by atoms with Gasteiger partial charge in [0.2, 0.25) is 5.83 Å². The first-order valence-corrected chi connectivity index (χ1v) is 11.0. The van der Waals surface area contributed by atoms with Crippen molar-refractivity contribution in [1.29, 1.82) is 5.26 Å². The largest absolute Gasteiger partial charge is 0.481 e. The molecule has 0 aromatic heterocycles. The molecule has 6 nitrogen and oxygen atoms in total. The van der Waals surface area contributed by atoms with E-state index in [1.54, 1.807) is 51.1 Å². The van der Waals surface area contributed by atoms with E-state index in [1.807, 2.05) is 6.07 Å². The second-order valence-corrected chi connectivity index (χ2v) is 10.1. The molecule has 1 N–H and O–H groups in total. The van der Waals surface area contributed by atoms with E-state index in [4.69, 9.17) is 9.47 Å². The van der Waals surface area contributed by atoms with Crippen LogP contribution in [0.3, 0.4) is 0 Å². The van der Waals surface area contributed by atoms with Crippen molar-refractivity contribution in [2.24, 2.45) is 16.2 Å². The third kappa shape index (κ3) is 4.39. The van der Waals surface area contributed by atoms with Crippen LogP contribution in [-0.4, -0.2) is 22.6 Å². The number of carbonyl (C=O) groups excluding carboxylic acids is 1. The molecule has 2 aromatic rings. The summed E-state index contributed by atoms with van der Waals surface area (Å²) in [6, 6.07) is 14.3. The number of carbonyl (C=O) groups is 2. The molecule has 0 amide bonds. The fourth-order valence-electron chi connectivity index (χ4n) is 4.68. The number of rotatable bonds is 7. The minimum atomic E-state index is -1.86. The van der Waals surface area contributed by atoms with E-state index in [0.717, 1.165) is 12.1 Å². The van der Waals surface area contributed by atoms with Crippen LogP contribution in [0.1, 0.15) is 40.2 Å². The number of nitriles is 1. The molecule has 1 aliphatic rings. The summed E-state index contributed by atoms with van der Waals surface area (Å²) >= 11 is 0. The van der Waals surface area contributed by atoms with Gasteiger partial charge in [0, 0.05) is 5.41 Å². The van der Waals surface area contributed by atoms with Gasteiger partial charge in [0.1, 0.15) is 22.2 Å². The van der Waals surface area contributed by atoms with Gasteiger partial charge < -0.3 is 14.6 Å². The Balaban J connectivity index is 2.01. The Kier molecular flexibility index (Phi) is 6.51. The average molecular weight is 484 g/mol. The zero-order valence-corrected chi connectivity index (χ0v) is 20.2. The molecule has 2 atom stereocenters. The maximum Gasteiger partial charge on any atom is 0.367 e. The molecule has 3 rings (SSSR count). The molecule has 0 radical (unpaired) electrons. The van der Waals surface area contributed by atoms with Crippen molar-refractivity contribution >= 4 is 11.9 Å². The van der Waals surface area contributed by atoms with Crippen LogP contribution in [0, 0.1) is 33.4 Å². The topological polar surface area (TPSA) is 96.6 Å². The number of esters is 1. The number of hydrogen-bond donors (Lipinski definition) is 1. The van der Waals surface area contributed by atoms with E-state index < -0.39 is 45.4 Å². The highest BCUT2D eigenvalue weighted by atomic mass is 19.1. The number of carboxylic acids is 1. The Morgan fingerprint density at radius 2 is 1.77 bits per heavy atom. The number of hydrogen-bond acceptors (Lipinski definition) is 5. The third-order valence-electron chi connectivity index (χ3n) is 6.58. The summed E-state index contributed by atoms with van der Waals surface area (Å²) in [6.07, 6.45) is 0.520. The zero-order valence-electron chi connectivity index (χ0n) is 20.2. The number of benzene rings is 2. The summed E-state index contributed by atoms with van der Waals surface area (Å²) in [5.41, 5.74) is -5.53. The van der Waals surface area contributed by atoms with E-state index in [1.165, 1.54) is 26.0 Å². The highest BCUT2D eigenvalue weighted by Crippen LogP contribution is 2.80. The second-order valence-electron chi connectivity index (χ2n) is 10.1. The van der Waals surface area contributed by atoms with Gasteiger partial charge >= 0.3 is 11.9 Å². The van der Waals surface area contributed by atoms with Crippen LogP contribution >= 0.6 is 0 Å². The monoisotopic (exact) mass is 483 g/mol. The molecule has 1 aliphatic carbocycles. The van der Waals surface area contributed by atoms with Crippen molar-refractivity contribution in [3.8, 4) is 17.6 Å². The Hall–Kier alpha value is -3.73. The summed E-state index contributed by atoms with van der Waals surface area (Å²) < 4.78 is 39.9. The van der Waals surface area contributed by atoms with Gasteiger partial charge in [-0.3, -0.25) is 4.79 Å². The Morgan fingerprint density at radius 3 is 2.31 bits per heavy atom. The quantitative estimate of drug-likeness (QED) is 0.385. The van der Waals surface area contributed by atoms with E-state index in [9.17, 15) is 28.7 Å². The van der Waals surface area contributed by atoms with Crippen molar-refractivity contribution < 1.29 is 33.0 Å². The molecule has 184 valence electrons. The number of aliphatic carboxylic acids is 1. The molecule has 0 aliphatic heterocycles. The minimum Gasteiger partial charge on any atom is -0.481 e. The highest BCUT2D eigenvalue weighted by Gasteiger charge is 2.86. The number of nitrogens with zero attached hydrogens (tertiary/aromatic N) is 1. The van der Waals surface area contributed by atoms with Crippen LogP contribution in [0.2, 0.25) is 0 Å². The predicted molar refractivity (Wildman–Crippen MR) is 124 cm³/mol. The Bertz CT molecular complexity index is 1230. The molecule has 0 unspecified atom stereocenters. The lowest BCUT2D eigenvalue weighted by Crippen LogP contribution is -2.27. The van der Waals surface area contributed by atoms with Crippen molar-refractivity contribution in [3.63, 3.8) is 0 Å². The average Bonchev–Trinajstić information content (AvgIpc) is 3.18. The first-order chi connectivity index (χ1) is 16.2. The summed E-state index contributed by atoms with van der Waals surface area (Å²) in [7, 11) is 0. The SMILES string of the molecule is CC(C)(C)OC(=O)/C(F)=C\[C@@]1(C#N)C(C)(C)[C@@]1(Cc1ccc(F)c(Oc2ccccc2)c1)C(=O)O. The molecule has 0 spiro atoms. The molecule has 0 saturated heterocycles. The summed E-state index contributed by atoms with van der Waals surface area (Å²) in [4.78, 5) is 24.8. The van der Waals surface area contributed by atoms with Gasteiger partial charge in [-0.2, -0.15) is 9.65 Å². The van der Waals surface area contributed by atoms with Crippen LogP contribution in [0.15, 0.2) is 60.4 Å². The predicted octanol–water partition coefficient (Wildman–Crippen LogP) is 5.98. The van der Waals surface area contributed by atoms with Crippen LogP contribution in [0.4, 0.5) is 8.78 Å². The van der Waals surface area contributed by atoms with Gasteiger partial charge in [-0.05, 0) is 63.1 Å². The second kappa shape index (κ2) is 8.81. The van der Waals surface area contributed by atoms with Crippen LogP contribution in [0.25, 0.3) is 0 Å². The van der Waals surface area contributed by atoms with Gasteiger partial charge in [0.25, 0.3) is 0 Å². The molecule has 1 fully saturated rings. The summed E-state index contributed by atoms with van der Waals surface area (Å²) in [5.74, 6) is -4.35. The van der Waals surface area contributed by atoms with Crippen LogP contribution in [-0.2, 0) is 20.7 Å². The normalized spacial score (nSPS) is 23.2. The van der Waals surface area contributed by atoms with Crippen LogP contribution < -0.4 is 4.74 Å². The summed E-state index contributed by atoms with van der Waals surface area (Å²) in [5, 5.41) is 20.3. The van der Waals surface area contributed by atoms with E-state index in [-0.39, 0.29) is 12.2 Å². The fraction of sp³-hybridized carbons (Fsp3) is 0.370. The fourth-order valence-corrected chi connectivity index (χ4v) is 4.68. The maximum absolute atomic E-state index is 14.9. The van der Waals surface area contributed by atoms with Crippen molar-refractivity contribution in [2.45, 2.75) is 46.6 Å². The van der Waals surface area contributed by atoms with E-state index in [0.29, 0.717) is 11.3 Å². The molecule has 1 saturated carbocycles.